The van der Waals surface area contributed by atoms with E-state index < -0.39 is 17.3 Å². The highest BCUT2D eigenvalue weighted by molar-refractivity contribution is 5.66. The highest BCUT2D eigenvalue weighted by Gasteiger charge is 2.45. The lowest BCUT2D eigenvalue weighted by Crippen LogP contribution is -2.32. The summed E-state index contributed by atoms with van der Waals surface area (Å²) in [5.74, 6) is 0.659. The summed E-state index contributed by atoms with van der Waals surface area (Å²) in [5, 5.41) is 7.44. The van der Waals surface area contributed by atoms with Gasteiger partial charge in [-0.1, -0.05) is 26.0 Å². The summed E-state index contributed by atoms with van der Waals surface area (Å²) in [6.07, 6.45) is -2.76. The maximum Gasteiger partial charge on any atom is 0.433 e. The number of alkyl halides is 3. The second-order valence-corrected chi connectivity index (χ2v) is 7.17. The van der Waals surface area contributed by atoms with E-state index in [2.05, 4.69) is 10.4 Å². The van der Waals surface area contributed by atoms with Crippen LogP contribution in [-0.2, 0) is 18.1 Å². The molecule has 2 aromatic rings. The molecule has 0 radical (unpaired) electrons. The molecule has 0 spiro atoms. The predicted molar refractivity (Wildman–Crippen MR) is 94.0 cm³/mol. The zero-order chi connectivity index (χ0) is 19.1. The topological polar surface area (TPSA) is 39.1 Å². The number of allylic oxidation sites excluding steroid dienone is 1. The van der Waals surface area contributed by atoms with E-state index in [0.29, 0.717) is 23.6 Å². The smallest absolute Gasteiger partial charge is 0.433 e. The monoisotopic (exact) mass is 365 g/mol. The first-order valence-corrected chi connectivity index (χ1v) is 8.35. The second-order valence-electron chi connectivity index (χ2n) is 7.17. The minimum Gasteiger partial charge on any atom is -0.497 e. The van der Waals surface area contributed by atoms with Crippen LogP contribution in [0, 0.1) is 0 Å². The van der Waals surface area contributed by atoms with Crippen LogP contribution < -0.4 is 10.1 Å². The fraction of sp³-hybridized carbons (Fsp3) is 0.421. The fourth-order valence-electron chi connectivity index (χ4n) is 3.30. The van der Waals surface area contributed by atoms with Crippen LogP contribution in [0.4, 0.5) is 13.2 Å². The van der Waals surface area contributed by atoms with Crippen LogP contribution in [0.15, 0.2) is 30.5 Å². The molecule has 0 saturated heterocycles. The van der Waals surface area contributed by atoms with Gasteiger partial charge in [-0.25, -0.2) is 0 Å². The van der Waals surface area contributed by atoms with E-state index in [4.69, 9.17) is 4.74 Å². The van der Waals surface area contributed by atoms with Crippen molar-refractivity contribution in [3.8, 4) is 5.75 Å². The number of rotatable bonds is 3. The number of benzene rings is 1. The van der Waals surface area contributed by atoms with Gasteiger partial charge in [0.05, 0.1) is 19.3 Å². The molecule has 2 heterocycles. The molecule has 1 aromatic carbocycles. The van der Waals surface area contributed by atoms with E-state index >= 15 is 0 Å². The molecule has 26 heavy (non-hydrogen) atoms. The van der Waals surface area contributed by atoms with Crippen LogP contribution in [0.1, 0.15) is 43.3 Å². The average molecular weight is 365 g/mol. The first kappa shape index (κ1) is 18.4. The second kappa shape index (κ2) is 6.37. The first-order chi connectivity index (χ1) is 12.1. The normalized spacial score (nSPS) is 16.3. The molecule has 0 unspecified atom stereocenters. The van der Waals surface area contributed by atoms with E-state index in [1.807, 2.05) is 0 Å². The van der Waals surface area contributed by atoms with E-state index in [9.17, 15) is 13.2 Å². The lowest BCUT2D eigenvalue weighted by atomic mass is 9.82. The Morgan fingerprint density at radius 2 is 1.88 bits per heavy atom. The molecule has 7 heteroatoms. The van der Waals surface area contributed by atoms with Crippen molar-refractivity contribution >= 4 is 5.57 Å². The highest BCUT2D eigenvalue weighted by atomic mass is 19.4. The molecule has 0 saturated carbocycles. The van der Waals surface area contributed by atoms with Crippen molar-refractivity contribution in [2.75, 3.05) is 13.7 Å². The van der Waals surface area contributed by atoms with Gasteiger partial charge in [0, 0.05) is 23.7 Å². The molecule has 140 valence electrons. The predicted octanol–water partition coefficient (Wildman–Crippen LogP) is 4.20. The molecule has 0 amide bonds. The minimum absolute atomic E-state index is 0.0443. The lowest BCUT2D eigenvalue weighted by molar-refractivity contribution is -0.145. The molecule has 0 atom stereocenters. The van der Waals surface area contributed by atoms with Gasteiger partial charge in [0.25, 0.3) is 0 Å². The summed E-state index contributed by atoms with van der Waals surface area (Å²) in [7, 11) is 1.55. The Balaban J connectivity index is 2.14. The third-order valence-electron chi connectivity index (χ3n) is 4.63. The molecule has 3 rings (SSSR count). The standard InChI is InChI=1S/C19H22F3N3O/c1-12-9-23-11-18(2,3)15-16(12)24-25(17(15)19(20,21)22)10-13-5-7-14(26-4)8-6-13/h5-9,23H,10-11H2,1-4H3. The van der Waals surface area contributed by atoms with Crippen LogP contribution in [0.3, 0.4) is 0 Å². The van der Waals surface area contributed by atoms with E-state index in [0.717, 1.165) is 10.2 Å². The molecule has 4 nitrogen and oxygen atoms in total. The molecule has 1 aliphatic rings. The molecule has 0 aliphatic carbocycles. The number of fused-ring (bicyclic) bond motifs is 1. The van der Waals surface area contributed by atoms with Gasteiger partial charge in [-0.3, -0.25) is 4.68 Å². The van der Waals surface area contributed by atoms with Gasteiger partial charge < -0.3 is 10.1 Å². The van der Waals surface area contributed by atoms with E-state index in [1.54, 1.807) is 58.3 Å². The molecular weight excluding hydrogens is 343 g/mol. The van der Waals surface area contributed by atoms with Gasteiger partial charge in [0.15, 0.2) is 0 Å². The molecular formula is C19H22F3N3O. The maximum atomic E-state index is 14.0. The number of hydrogen-bond acceptors (Lipinski definition) is 3. The third-order valence-corrected chi connectivity index (χ3v) is 4.63. The molecule has 1 aromatic heterocycles. The Morgan fingerprint density at radius 1 is 1.23 bits per heavy atom. The van der Waals surface area contributed by atoms with Crippen molar-refractivity contribution in [3.63, 3.8) is 0 Å². The number of aromatic nitrogens is 2. The van der Waals surface area contributed by atoms with Gasteiger partial charge >= 0.3 is 6.18 Å². The van der Waals surface area contributed by atoms with Crippen molar-refractivity contribution in [3.05, 3.63) is 53.0 Å². The van der Waals surface area contributed by atoms with Gasteiger partial charge in [-0.05, 0) is 30.2 Å². The van der Waals surface area contributed by atoms with E-state index in [-0.39, 0.29) is 12.1 Å². The number of nitrogens with one attached hydrogen (secondary N) is 1. The summed E-state index contributed by atoms with van der Waals surface area (Å²) in [5.41, 5.74) is 0.700. The number of ether oxygens (including phenoxy) is 1. The summed E-state index contributed by atoms with van der Waals surface area (Å²) >= 11 is 0. The van der Waals surface area contributed by atoms with Gasteiger partial charge in [0.2, 0.25) is 0 Å². The largest absolute Gasteiger partial charge is 0.497 e. The summed E-state index contributed by atoms with van der Waals surface area (Å²) in [4.78, 5) is 0. The quantitative estimate of drug-likeness (QED) is 0.886. The SMILES string of the molecule is COc1ccc(Cn2nc3c(c2C(F)(F)F)C(C)(C)CNC=C3C)cc1. The Morgan fingerprint density at radius 3 is 2.46 bits per heavy atom. The minimum atomic E-state index is -4.49. The van der Waals surface area contributed by atoms with Crippen LogP contribution in [0.5, 0.6) is 5.75 Å². The Kier molecular flexibility index (Phi) is 4.50. The van der Waals surface area contributed by atoms with Crippen molar-refractivity contribution < 1.29 is 17.9 Å². The Bertz CT molecular complexity index is 833. The van der Waals surface area contributed by atoms with Crippen LogP contribution in [-0.4, -0.2) is 23.4 Å². The van der Waals surface area contributed by atoms with Crippen molar-refractivity contribution in [1.29, 1.82) is 0 Å². The fourth-order valence-corrected chi connectivity index (χ4v) is 3.30. The Labute approximate surface area is 150 Å². The van der Waals surface area contributed by atoms with Crippen LogP contribution >= 0.6 is 0 Å². The van der Waals surface area contributed by atoms with Gasteiger partial charge in [-0.2, -0.15) is 18.3 Å². The van der Waals surface area contributed by atoms with Crippen molar-refractivity contribution in [1.82, 2.24) is 15.1 Å². The van der Waals surface area contributed by atoms with Gasteiger partial charge in [0.1, 0.15) is 11.4 Å². The molecule has 1 N–H and O–H groups in total. The third kappa shape index (κ3) is 3.30. The summed E-state index contributed by atoms with van der Waals surface area (Å²) in [6.45, 7) is 5.84. The van der Waals surface area contributed by atoms with Crippen LogP contribution in [0.25, 0.3) is 5.57 Å². The first-order valence-electron chi connectivity index (χ1n) is 8.35. The average Bonchev–Trinajstić information content (AvgIpc) is 2.91. The Hall–Kier alpha value is -2.44. The maximum absolute atomic E-state index is 14.0. The zero-order valence-corrected chi connectivity index (χ0v) is 15.2. The van der Waals surface area contributed by atoms with E-state index in [1.165, 1.54) is 0 Å². The summed E-state index contributed by atoms with van der Waals surface area (Å²) < 4.78 is 48.1. The van der Waals surface area contributed by atoms with Gasteiger partial charge in [-0.15, -0.1) is 0 Å². The van der Waals surface area contributed by atoms with Crippen molar-refractivity contribution in [2.24, 2.45) is 0 Å². The molecule has 1 aliphatic heterocycles. The van der Waals surface area contributed by atoms with Crippen molar-refractivity contribution in [2.45, 2.75) is 38.9 Å². The lowest BCUT2D eigenvalue weighted by Gasteiger charge is -2.26. The van der Waals surface area contributed by atoms with Crippen LogP contribution in [0.2, 0.25) is 0 Å². The number of nitrogens with zero attached hydrogens (tertiary/aromatic N) is 2. The molecule has 0 bridgehead atoms. The molecule has 0 fully saturated rings. The number of halogens is 3. The number of hydrogen-bond donors (Lipinski definition) is 1. The number of methoxy groups -OCH3 is 1. The highest BCUT2D eigenvalue weighted by Crippen LogP contribution is 2.42. The summed E-state index contributed by atoms with van der Waals surface area (Å²) in [6, 6.07) is 6.97. The zero-order valence-electron chi connectivity index (χ0n) is 15.2.